The molecule has 1 fully saturated rings. The van der Waals surface area contributed by atoms with Crippen molar-refractivity contribution in [3.8, 4) is 0 Å². The van der Waals surface area contributed by atoms with Crippen LogP contribution in [-0.2, 0) is 4.79 Å². The monoisotopic (exact) mass is 221 g/mol. The van der Waals surface area contributed by atoms with Gasteiger partial charge >= 0.3 is 0 Å². The first kappa shape index (κ1) is 10.8. The van der Waals surface area contributed by atoms with E-state index >= 15 is 0 Å². The van der Waals surface area contributed by atoms with Crippen LogP contribution in [0.1, 0.15) is 0 Å². The van der Waals surface area contributed by atoms with Crippen molar-refractivity contribution in [2.24, 2.45) is 5.73 Å². The average molecular weight is 221 g/mol. The summed E-state index contributed by atoms with van der Waals surface area (Å²) in [5.74, 6) is 0.876. The Morgan fingerprint density at radius 2 is 2.12 bits per heavy atom. The summed E-state index contributed by atoms with van der Waals surface area (Å²) in [7, 11) is 0. The molecule has 0 aromatic carbocycles. The molecule has 1 aromatic rings. The maximum absolute atomic E-state index is 11.4. The molecule has 1 amide bonds. The number of piperazine rings is 1. The van der Waals surface area contributed by atoms with Gasteiger partial charge in [0, 0.05) is 32.4 Å². The van der Waals surface area contributed by atoms with Crippen LogP contribution in [0.5, 0.6) is 0 Å². The predicted octanol–water partition coefficient (Wildman–Crippen LogP) is -0.916. The quantitative estimate of drug-likeness (QED) is 0.699. The summed E-state index contributed by atoms with van der Waals surface area (Å²) in [6.45, 7) is 3.05. The second kappa shape index (κ2) is 4.89. The van der Waals surface area contributed by atoms with E-state index in [9.17, 15) is 4.79 Å². The lowest BCUT2D eigenvalue weighted by Gasteiger charge is -2.34. The summed E-state index contributed by atoms with van der Waals surface area (Å²) in [6, 6.07) is 3.78. The van der Waals surface area contributed by atoms with Crippen molar-refractivity contribution in [2.75, 3.05) is 37.6 Å². The zero-order valence-electron chi connectivity index (χ0n) is 9.04. The van der Waals surface area contributed by atoms with E-state index in [0.717, 1.165) is 18.9 Å². The molecule has 0 spiro atoms. The van der Waals surface area contributed by atoms with Gasteiger partial charge in [-0.1, -0.05) is 0 Å². The molecule has 16 heavy (non-hydrogen) atoms. The van der Waals surface area contributed by atoms with E-state index < -0.39 is 0 Å². The maximum atomic E-state index is 11.4. The highest BCUT2D eigenvalue weighted by atomic mass is 16.2. The standard InChI is InChI=1S/C10H15N5O/c11-8-10(16)15-6-4-14(5-7-15)9-2-1-3-12-13-9/h1-3H,4-8,11H2. The number of aromatic nitrogens is 2. The van der Waals surface area contributed by atoms with Crippen molar-refractivity contribution in [1.29, 1.82) is 0 Å². The van der Waals surface area contributed by atoms with Gasteiger partial charge in [-0.15, -0.1) is 5.10 Å². The molecule has 86 valence electrons. The normalized spacial score (nSPS) is 16.3. The lowest BCUT2D eigenvalue weighted by atomic mass is 10.3. The summed E-state index contributed by atoms with van der Waals surface area (Å²) in [6.07, 6.45) is 1.65. The van der Waals surface area contributed by atoms with Crippen molar-refractivity contribution >= 4 is 11.7 Å². The fourth-order valence-corrected chi connectivity index (χ4v) is 1.78. The van der Waals surface area contributed by atoms with E-state index in [2.05, 4.69) is 15.1 Å². The van der Waals surface area contributed by atoms with Crippen molar-refractivity contribution in [3.05, 3.63) is 18.3 Å². The Kier molecular flexibility index (Phi) is 3.31. The van der Waals surface area contributed by atoms with Crippen molar-refractivity contribution < 1.29 is 4.79 Å². The Hall–Kier alpha value is -1.69. The minimum Gasteiger partial charge on any atom is -0.352 e. The van der Waals surface area contributed by atoms with Crippen molar-refractivity contribution in [2.45, 2.75) is 0 Å². The van der Waals surface area contributed by atoms with Crippen LogP contribution in [-0.4, -0.2) is 53.7 Å². The van der Waals surface area contributed by atoms with Crippen LogP contribution in [0.2, 0.25) is 0 Å². The molecule has 1 aliphatic rings. The van der Waals surface area contributed by atoms with Gasteiger partial charge in [-0.05, 0) is 12.1 Å². The first-order chi connectivity index (χ1) is 7.81. The highest BCUT2D eigenvalue weighted by Crippen LogP contribution is 2.11. The SMILES string of the molecule is NCC(=O)N1CCN(c2cccnn2)CC1. The van der Waals surface area contributed by atoms with Crippen LogP contribution < -0.4 is 10.6 Å². The maximum Gasteiger partial charge on any atom is 0.236 e. The molecule has 0 radical (unpaired) electrons. The number of hydrogen-bond donors (Lipinski definition) is 1. The summed E-state index contributed by atoms with van der Waals surface area (Å²) in [5.41, 5.74) is 5.32. The third kappa shape index (κ3) is 2.27. The summed E-state index contributed by atoms with van der Waals surface area (Å²) < 4.78 is 0. The van der Waals surface area contributed by atoms with E-state index in [1.165, 1.54) is 0 Å². The fraction of sp³-hybridized carbons (Fsp3) is 0.500. The van der Waals surface area contributed by atoms with Gasteiger partial charge < -0.3 is 15.5 Å². The average Bonchev–Trinajstić information content (AvgIpc) is 2.39. The summed E-state index contributed by atoms with van der Waals surface area (Å²) >= 11 is 0. The number of amides is 1. The topological polar surface area (TPSA) is 75.4 Å². The third-order valence-electron chi connectivity index (χ3n) is 2.69. The molecule has 0 unspecified atom stereocenters. The van der Waals surface area contributed by atoms with Gasteiger partial charge in [-0.2, -0.15) is 5.10 Å². The Balaban J connectivity index is 1.93. The van der Waals surface area contributed by atoms with Gasteiger partial charge in [0.25, 0.3) is 0 Å². The fourth-order valence-electron chi connectivity index (χ4n) is 1.78. The summed E-state index contributed by atoms with van der Waals surface area (Å²) in [4.78, 5) is 15.3. The van der Waals surface area contributed by atoms with Gasteiger partial charge in [-0.25, -0.2) is 0 Å². The second-order valence-corrected chi connectivity index (χ2v) is 3.65. The largest absolute Gasteiger partial charge is 0.352 e. The lowest BCUT2D eigenvalue weighted by molar-refractivity contribution is -0.129. The van der Waals surface area contributed by atoms with E-state index in [1.54, 1.807) is 11.1 Å². The number of nitrogens with zero attached hydrogens (tertiary/aromatic N) is 4. The lowest BCUT2D eigenvalue weighted by Crippen LogP contribution is -2.50. The Labute approximate surface area is 94.0 Å². The molecule has 2 N–H and O–H groups in total. The first-order valence-electron chi connectivity index (χ1n) is 5.32. The number of nitrogens with two attached hydrogens (primary N) is 1. The zero-order valence-corrected chi connectivity index (χ0v) is 9.04. The van der Waals surface area contributed by atoms with Crippen LogP contribution in [0.15, 0.2) is 18.3 Å². The smallest absolute Gasteiger partial charge is 0.236 e. The number of rotatable bonds is 2. The molecule has 1 aliphatic heterocycles. The molecule has 2 rings (SSSR count). The van der Waals surface area contributed by atoms with E-state index in [-0.39, 0.29) is 12.5 Å². The van der Waals surface area contributed by atoms with Gasteiger partial charge in [-0.3, -0.25) is 4.79 Å². The molecule has 6 heteroatoms. The molecule has 1 saturated heterocycles. The number of carbonyl (C=O) groups is 1. The zero-order chi connectivity index (χ0) is 11.4. The van der Waals surface area contributed by atoms with Gasteiger partial charge in [0.15, 0.2) is 5.82 Å². The van der Waals surface area contributed by atoms with E-state index in [1.807, 2.05) is 12.1 Å². The molecule has 2 heterocycles. The minimum absolute atomic E-state index is 0.0128. The molecule has 6 nitrogen and oxygen atoms in total. The minimum atomic E-state index is 0.0128. The molecule has 0 aliphatic carbocycles. The Morgan fingerprint density at radius 3 is 2.69 bits per heavy atom. The Morgan fingerprint density at radius 1 is 1.38 bits per heavy atom. The Bertz CT molecular complexity index is 347. The van der Waals surface area contributed by atoms with Crippen LogP contribution >= 0.6 is 0 Å². The molecular weight excluding hydrogens is 206 g/mol. The summed E-state index contributed by atoms with van der Waals surface area (Å²) in [5, 5.41) is 7.88. The second-order valence-electron chi connectivity index (χ2n) is 3.65. The van der Waals surface area contributed by atoms with Gasteiger partial charge in [0.05, 0.1) is 6.54 Å². The highest BCUT2D eigenvalue weighted by molar-refractivity contribution is 5.78. The van der Waals surface area contributed by atoms with Gasteiger partial charge in [0.1, 0.15) is 0 Å². The van der Waals surface area contributed by atoms with Crippen molar-refractivity contribution in [1.82, 2.24) is 15.1 Å². The molecule has 0 bridgehead atoms. The van der Waals surface area contributed by atoms with Crippen LogP contribution in [0.25, 0.3) is 0 Å². The van der Waals surface area contributed by atoms with E-state index in [0.29, 0.717) is 13.1 Å². The van der Waals surface area contributed by atoms with Gasteiger partial charge in [0.2, 0.25) is 5.91 Å². The third-order valence-corrected chi connectivity index (χ3v) is 2.69. The van der Waals surface area contributed by atoms with E-state index in [4.69, 9.17) is 5.73 Å². The molecular formula is C10H15N5O. The predicted molar refractivity (Wildman–Crippen MR) is 59.9 cm³/mol. The highest BCUT2D eigenvalue weighted by Gasteiger charge is 2.20. The molecule has 0 atom stereocenters. The molecule has 1 aromatic heterocycles. The van der Waals surface area contributed by atoms with Crippen LogP contribution in [0.4, 0.5) is 5.82 Å². The molecule has 0 saturated carbocycles. The van der Waals surface area contributed by atoms with Crippen molar-refractivity contribution in [3.63, 3.8) is 0 Å². The number of carbonyl (C=O) groups excluding carboxylic acids is 1. The van der Waals surface area contributed by atoms with Crippen LogP contribution in [0.3, 0.4) is 0 Å². The number of anilines is 1. The van der Waals surface area contributed by atoms with Crippen LogP contribution in [0, 0.1) is 0 Å². The number of hydrogen-bond acceptors (Lipinski definition) is 5. The first-order valence-corrected chi connectivity index (χ1v) is 5.32.